The maximum absolute atomic E-state index is 9.53. The molecule has 0 fully saturated rings. The van der Waals surface area contributed by atoms with Crippen LogP contribution in [0.3, 0.4) is 0 Å². The van der Waals surface area contributed by atoms with E-state index in [9.17, 15) is 10.2 Å². The van der Waals surface area contributed by atoms with Crippen LogP contribution in [0.4, 0.5) is 0 Å². The van der Waals surface area contributed by atoms with E-state index < -0.39 is 0 Å². The molecule has 0 unspecified atom stereocenters. The molecule has 0 aromatic heterocycles. The summed E-state index contributed by atoms with van der Waals surface area (Å²) < 4.78 is 0. The van der Waals surface area contributed by atoms with Crippen LogP contribution in [0.2, 0.25) is 0 Å². The summed E-state index contributed by atoms with van der Waals surface area (Å²) in [6.45, 7) is 0. The maximum atomic E-state index is 9.53. The van der Waals surface area contributed by atoms with Crippen LogP contribution in [0.25, 0.3) is 0 Å². The third kappa shape index (κ3) is 2.31. The number of phenols is 1. The van der Waals surface area contributed by atoms with E-state index in [1.807, 2.05) is 12.1 Å². The first-order valence-corrected chi connectivity index (χ1v) is 5.19. The van der Waals surface area contributed by atoms with Crippen LogP contribution >= 0.6 is 0 Å². The summed E-state index contributed by atoms with van der Waals surface area (Å²) >= 11 is 0. The van der Waals surface area contributed by atoms with Crippen molar-refractivity contribution < 1.29 is 10.2 Å². The number of allylic oxidation sites excluding steroid dienone is 2. The van der Waals surface area contributed by atoms with Gasteiger partial charge in [0.2, 0.25) is 0 Å². The normalized spacial score (nSPS) is 16.0. The molecule has 0 spiro atoms. The largest absolute Gasteiger partial charge is 0.507 e. The molecule has 1 aromatic rings. The zero-order valence-electron chi connectivity index (χ0n) is 8.80. The molecule has 1 aliphatic rings. The standard InChI is InChI=1S/C13H13NO2/c15-12-7-3-1-5-10(12)9-14-11-6-2-4-8-13(11)16/h1,3,5-9,15-16H,2,4H2. The zero-order chi connectivity index (χ0) is 11.4. The highest BCUT2D eigenvalue weighted by molar-refractivity contribution is 5.84. The van der Waals surface area contributed by atoms with Gasteiger partial charge < -0.3 is 10.2 Å². The first-order chi connectivity index (χ1) is 7.77. The second-order valence-electron chi connectivity index (χ2n) is 3.57. The number of aliphatic imine (C=N–C) groups is 1. The van der Waals surface area contributed by atoms with Gasteiger partial charge in [-0.3, -0.25) is 4.99 Å². The van der Waals surface area contributed by atoms with Gasteiger partial charge in [0.25, 0.3) is 0 Å². The molecule has 2 N–H and O–H groups in total. The summed E-state index contributed by atoms with van der Waals surface area (Å²) in [6.07, 6.45) is 6.92. The Morgan fingerprint density at radius 2 is 1.81 bits per heavy atom. The highest BCUT2D eigenvalue weighted by Crippen LogP contribution is 2.18. The molecule has 82 valence electrons. The molecule has 0 radical (unpaired) electrons. The van der Waals surface area contributed by atoms with E-state index in [2.05, 4.69) is 4.99 Å². The SMILES string of the molecule is OC1=CCCC=C1N=Cc1ccccc1O. The molecule has 1 aliphatic carbocycles. The van der Waals surface area contributed by atoms with Gasteiger partial charge in [-0.25, -0.2) is 0 Å². The molecule has 0 saturated carbocycles. The Hall–Kier alpha value is -2.03. The van der Waals surface area contributed by atoms with Gasteiger partial charge in [-0.15, -0.1) is 0 Å². The lowest BCUT2D eigenvalue weighted by atomic mass is 10.1. The van der Waals surface area contributed by atoms with Crippen molar-refractivity contribution >= 4 is 6.21 Å². The van der Waals surface area contributed by atoms with Crippen LogP contribution in [0, 0.1) is 0 Å². The molecule has 0 saturated heterocycles. The summed E-state index contributed by atoms with van der Waals surface area (Å²) in [7, 11) is 0. The highest BCUT2D eigenvalue weighted by atomic mass is 16.3. The molecule has 0 bridgehead atoms. The van der Waals surface area contributed by atoms with Crippen LogP contribution in [0.1, 0.15) is 18.4 Å². The summed E-state index contributed by atoms with van der Waals surface area (Å²) in [4.78, 5) is 4.15. The number of nitrogens with zero attached hydrogens (tertiary/aromatic N) is 1. The molecular formula is C13H13NO2. The summed E-state index contributed by atoms with van der Waals surface area (Å²) in [5.74, 6) is 0.393. The van der Waals surface area contributed by atoms with Crippen LogP contribution < -0.4 is 0 Å². The van der Waals surface area contributed by atoms with Crippen LogP contribution in [0.5, 0.6) is 5.75 Å². The van der Waals surface area contributed by atoms with Crippen molar-refractivity contribution in [2.45, 2.75) is 12.8 Å². The second kappa shape index (κ2) is 4.66. The summed E-state index contributed by atoms with van der Waals surface area (Å²) in [5.41, 5.74) is 1.20. The van der Waals surface area contributed by atoms with Gasteiger partial charge in [-0.2, -0.15) is 0 Å². The van der Waals surface area contributed by atoms with Gasteiger partial charge in [0.15, 0.2) is 0 Å². The third-order valence-electron chi connectivity index (χ3n) is 2.38. The number of rotatable bonds is 2. The molecule has 2 rings (SSSR count). The second-order valence-corrected chi connectivity index (χ2v) is 3.57. The number of hydrogen-bond donors (Lipinski definition) is 2. The first kappa shape index (κ1) is 10.5. The van der Waals surface area contributed by atoms with Gasteiger partial charge >= 0.3 is 0 Å². The van der Waals surface area contributed by atoms with E-state index >= 15 is 0 Å². The number of para-hydroxylation sites is 1. The number of aliphatic hydroxyl groups is 1. The fraction of sp³-hybridized carbons (Fsp3) is 0.154. The summed E-state index contributed by atoms with van der Waals surface area (Å²) in [6, 6.07) is 6.95. The van der Waals surface area contributed by atoms with Crippen molar-refractivity contribution in [3.63, 3.8) is 0 Å². The number of aromatic hydroxyl groups is 1. The Kier molecular flexibility index (Phi) is 3.05. The lowest BCUT2D eigenvalue weighted by Gasteiger charge is -2.06. The average Bonchev–Trinajstić information content (AvgIpc) is 2.30. The van der Waals surface area contributed by atoms with Gasteiger partial charge in [0.1, 0.15) is 17.2 Å². The van der Waals surface area contributed by atoms with Crippen molar-refractivity contribution in [1.29, 1.82) is 0 Å². The fourth-order valence-electron chi connectivity index (χ4n) is 1.50. The minimum absolute atomic E-state index is 0.186. The molecule has 1 aromatic carbocycles. The van der Waals surface area contributed by atoms with E-state index in [1.54, 1.807) is 30.5 Å². The van der Waals surface area contributed by atoms with Crippen LogP contribution in [-0.4, -0.2) is 16.4 Å². The molecule has 16 heavy (non-hydrogen) atoms. The van der Waals surface area contributed by atoms with E-state index in [1.165, 1.54) is 0 Å². The Morgan fingerprint density at radius 1 is 1.06 bits per heavy atom. The number of aliphatic hydroxyl groups excluding tert-OH is 1. The van der Waals surface area contributed by atoms with Crippen molar-refractivity contribution in [2.75, 3.05) is 0 Å². The molecule has 0 heterocycles. The minimum Gasteiger partial charge on any atom is -0.507 e. The molecule has 3 nitrogen and oxygen atoms in total. The Bertz CT molecular complexity index is 473. The average molecular weight is 215 g/mol. The smallest absolute Gasteiger partial charge is 0.136 e. The lowest BCUT2D eigenvalue weighted by Crippen LogP contribution is -1.92. The Morgan fingerprint density at radius 3 is 2.56 bits per heavy atom. The molecule has 0 amide bonds. The van der Waals surface area contributed by atoms with E-state index in [-0.39, 0.29) is 11.5 Å². The number of hydrogen-bond acceptors (Lipinski definition) is 3. The van der Waals surface area contributed by atoms with Crippen LogP contribution in [-0.2, 0) is 0 Å². The minimum atomic E-state index is 0.186. The molecule has 0 aliphatic heterocycles. The quantitative estimate of drug-likeness (QED) is 0.745. The lowest BCUT2D eigenvalue weighted by molar-refractivity contribution is 0.416. The molecular weight excluding hydrogens is 202 g/mol. The number of benzene rings is 1. The molecule has 0 atom stereocenters. The Balaban J connectivity index is 2.19. The van der Waals surface area contributed by atoms with Gasteiger partial charge in [-0.1, -0.05) is 18.2 Å². The first-order valence-electron chi connectivity index (χ1n) is 5.19. The van der Waals surface area contributed by atoms with Crippen LogP contribution in [0.15, 0.2) is 52.9 Å². The zero-order valence-corrected chi connectivity index (χ0v) is 8.80. The highest BCUT2D eigenvalue weighted by Gasteiger charge is 2.05. The topological polar surface area (TPSA) is 52.8 Å². The number of phenolic OH excluding ortho intramolecular Hbond substituents is 1. The molecule has 3 heteroatoms. The van der Waals surface area contributed by atoms with E-state index in [0.717, 1.165) is 12.8 Å². The predicted molar refractivity (Wildman–Crippen MR) is 63.7 cm³/mol. The fourth-order valence-corrected chi connectivity index (χ4v) is 1.50. The van der Waals surface area contributed by atoms with Crippen molar-refractivity contribution in [3.05, 3.63) is 53.4 Å². The van der Waals surface area contributed by atoms with Gasteiger partial charge in [0.05, 0.1) is 0 Å². The van der Waals surface area contributed by atoms with Crippen molar-refractivity contribution in [2.24, 2.45) is 4.99 Å². The monoisotopic (exact) mass is 215 g/mol. The Labute approximate surface area is 94.1 Å². The predicted octanol–water partition coefficient (Wildman–Crippen LogP) is 2.93. The third-order valence-corrected chi connectivity index (χ3v) is 2.38. The van der Waals surface area contributed by atoms with Gasteiger partial charge in [-0.05, 0) is 31.1 Å². The van der Waals surface area contributed by atoms with Crippen molar-refractivity contribution in [3.8, 4) is 5.75 Å². The summed E-state index contributed by atoms with van der Waals surface area (Å²) in [5, 5.41) is 19.1. The van der Waals surface area contributed by atoms with E-state index in [4.69, 9.17) is 0 Å². The maximum Gasteiger partial charge on any atom is 0.136 e. The van der Waals surface area contributed by atoms with E-state index in [0.29, 0.717) is 11.3 Å². The van der Waals surface area contributed by atoms with Gasteiger partial charge in [0, 0.05) is 11.8 Å². The van der Waals surface area contributed by atoms with Crippen molar-refractivity contribution in [1.82, 2.24) is 0 Å².